The molecule has 1 aromatic carbocycles. The van der Waals surface area contributed by atoms with E-state index in [0.717, 1.165) is 12.0 Å². The molecule has 1 aliphatic rings. The predicted molar refractivity (Wildman–Crippen MR) is 73.5 cm³/mol. The van der Waals surface area contributed by atoms with Gasteiger partial charge in [0.25, 0.3) is 5.91 Å². The summed E-state index contributed by atoms with van der Waals surface area (Å²) in [7, 11) is 0. The maximum atomic E-state index is 11.5. The molecule has 3 N–H and O–H groups in total. The first kappa shape index (κ1) is 12.8. The maximum Gasteiger partial charge on any atom is 0.258 e. The molecule has 1 amide bonds. The van der Waals surface area contributed by atoms with Gasteiger partial charge < -0.3 is 15.8 Å². The first-order valence-corrected chi connectivity index (χ1v) is 6.29. The minimum atomic E-state index is -0.0808. The van der Waals surface area contributed by atoms with Crippen molar-refractivity contribution in [1.29, 1.82) is 0 Å². The summed E-state index contributed by atoms with van der Waals surface area (Å²) in [5.74, 6) is 1.15. The van der Waals surface area contributed by atoms with E-state index >= 15 is 0 Å². The minimum Gasteiger partial charge on any atom is -0.484 e. The molecule has 4 nitrogen and oxygen atoms in total. The standard InChI is InChI=1S/C13H16N2O2S/c1-8-6-11(8)15-12(16)7-17-10-4-2-9(3-5-10)13(14)18/h2-5,8,11H,6-7H2,1H3,(H2,14,18)(H,15,16). The smallest absolute Gasteiger partial charge is 0.258 e. The van der Waals surface area contributed by atoms with Crippen molar-refractivity contribution >= 4 is 23.1 Å². The van der Waals surface area contributed by atoms with Crippen molar-refractivity contribution in [3.8, 4) is 5.75 Å². The van der Waals surface area contributed by atoms with Crippen LogP contribution in [-0.2, 0) is 4.79 Å². The first-order valence-electron chi connectivity index (χ1n) is 5.88. The molecule has 0 aromatic heterocycles. The number of amides is 1. The van der Waals surface area contributed by atoms with Crippen molar-refractivity contribution in [3.05, 3.63) is 29.8 Å². The lowest BCUT2D eigenvalue weighted by Gasteiger charge is -2.07. The predicted octanol–water partition coefficient (Wildman–Crippen LogP) is 1.22. The highest BCUT2D eigenvalue weighted by Crippen LogP contribution is 2.28. The topological polar surface area (TPSA) is 64.3 Å². The summed E-state index contributed by atoms with van der Waals surface area (Å²) in [5.41, 5.74) is 6.27. The van der Waals surface area contributed by atoms with Gasteiger partial charge in [-0.15, -0.1) is 0 Å². The van der Waals surface area contributed by atoms with Gasteiger partial charge in [0.1, 0.15) is 10.7 Å². The average molecular weight is 264 g/mol. The Kier molecular flexibility index (Phi) is 3.81. The Balaban J connectivity index is 1.79. The molecule has 96 valence electrons. The summed E-state index contributed by atoms with van der Waals surface area (Å²) in [4.78, 5) is 11.9. The summed E-state index contributed by atoms with van der Waals surface area (Å²) in [6.45, 7) is 2.15. The molecule has 2 unspecified atom stereocenters. The molecule has 1 aromatic rings. The number of ether oxygens (including phenoxy) is 1. The fraction of sp³-hybridized carbons (Fsp3) is 0.385. The lowest BCUT2D eigenvalue weighted by atomic mass is 10.2. The van der Waals surface area contributed by atoms with E-state index in [4.69, 9.17) is 22.7 Å². The number of nitrogens with two attached hydrogens (primary N) is 1. The molecule has 1 fully saturated rings. The van der Waals surface area contributed by atoms with Crippen LogP contribution in [0.25, 0.3) is 0 Å². The van der Waals surface area contributed by atoms with Crippen molar-refractivity contribution in [3.63, 3.8) is 0 Å². The SMILES string of the molecule is CC1CC1NC(=O)COc1ccc(C(N)=S)cc1. The zero-order valence-electron chi connectivity index (χ0n) is 10.2. The molecule has 2 atom stereocenters. The Morgan fingerprint density at radius 3 is 2.61 bits per heavy atom. The first-order chi connectivity index (χ1) is 8.56. The second kappa shape index (κ2) is 5.35. The second-order valence-electron chi connectivity index (χ2n) is 4.56. The molecule has 0 radical (unpaired) electrons. The number of benzene rings is 1. The van der Waals surface area contributed by atoms with Gasteiger partial charge in [-0.2, -0.15) is 0 Å². The third kappa shape index (κ3) is 3.43. The van der Waals surface area contributed by atoms with Crippen LogP contribution in [0, 0.1) is 5.92 Å². The zero-order valence-corrected chi connectivity index (χ0v) is 11.0. The lowest BCUT2D eigenvalue weighted by Crippen LogP contribution is -2.31. The van der Waals surface area contributed by atoms with Crippen LogP contribution < -0.4 is 15.8 Å². The number of rotatable bonds is 5. The third-order valence-electron chi connectivity index (χ3n) is 2.96. The highest BCUT2D eigenvalue weighted by molar-refractivity contribution is 7.80. The molecular weight excluding hydrogens is 248 g/mol. The fourth-order valence-corrected chi connectivity index (χ4v) is 1.77. The van der Waals surface area contributed by atoms with Gasteiger partial charge in [-0.05, 0) is 36.6 Å². The van der Waals surface area contributed by atoms with Crippen LogP contribution in [-0.4, -0.2) is 23.5 Å². The summed E-state index contributed by atoms with van der Waals surface area (Å²) in [5, 5.41) is 2.90. The van der Waals surface area contributed by atoms with Crippen LogP contribution in [0.3, 0.4) is 0 Å². The molecule has 1 aliphatic carbocycles. The molecule has 0 saturated heterocycles. The van der Waals surface area contributed by atoms with E-state index in [1.165, 1.54) is 0 Å². The van der Waals surface area contributed by atoms with E-state index in [2.05, 4.69) is 12.2 Å². The number of carbonyl (C=O) groups is 1. The van der Waals surface area contributed by atoms with Crippen LogP contribution in [0.1, 0.15) is 18.9 Å². The van der Waals surface area contributed by atoms with Crippen molar-refractivity contribution in [2.75, 3.05) is 6.61 Å². The molecule has 0 spiro atoms. The quantitative estimate of drug-likeness (QED) is 0.785. The van der Waals surface area contributed by atoms with Crippen LogP contribution >= 0.6 is 12.2 Å². The Hall–Kier alpha value is -1.62. The Labute approximate surface area is 112 Å². The highest BCUT2D eigenvalue weighted by atomic mass is 32.1. The highest BCUT2D eigenvalue weighted by Gasteiger charge is 2.33. The summed E-state index contributed by atoms with van der Waals surface area (Å²) in [6, 6.07) is 7.39. The maximum absolute atomic E-state index is 11.5. The Bertz CT molecular complexity index is 459. The summed E-state index contributed by atoms with van der Waals surface area (Å²) >= 11 is 4.85. The summed E-state index contributed by atoms with van der Waals surface area (Å²) < 4.78 is 5.37. The lowest BCUT2D eigenvalue weighted by molar-refractivity contribution is -0.123. The molecule has 0 bridgehead atoms. The largest absolute Gasteiger partial charge is 0.484 e. The van der Waals surface area contributed by atoms with E-state index in [-0.39, 0.29) is 12.5 Å². The van der Waals surface area contributed by atoms with Gasteiger partial charge in [-0.3, -0.25) is 4.79 Å². The van der Waals surface area contributed by atoms with Crippen LogP contribution in [0.15, 0.2) is 24.3 Å². The molecule has 18 heavy (non-hydrogen) atoms. The van der Waals surface area contributed by atoms with Crippen molar-refractivity contribution < 1.29 is 9.53 Å². The number of thiocarbonyl (C=S) groups is 1. The molecule has 2 rings (SSSR count). The molecule has 0 heterocycles. The van der Waals surface area contributed by atoms with Crippen LogP contribution in [0.4, 0.5) is 0 Å². The van der Waals surface area contributed by atoms with Crippen molar-refractivity contribution in [1.82, 2.24) is 5.32 Å². The van der Waals surface area contributed by atoms with Crippen molar-refractivity contribution in [2.45, 2.75) is 19.4 Å². The molecule has 5 heteroatoms. The van der Waals surface area contributed by atoms with E-state index < -0.39 is 0 Å². The van der Waals surface area contributed by atoms with E-state index in [1.807, 2.05) is 0 Å². The Morgan fingerprint density at radius 2 is 2.11 bits per heavy atom. The number of nitrogens with one attached hydrogen (secondary N) is 1. The van der Waals surface area contributed by atoms with Gasteiger partial charge in [0, 0.05) is 11.6 Å². The van der Waals surface area contributed by atoms with Gasteiger partial charge in [0.2, 0.25) is 0 Å². The number of carbonyl (C=O) groups excluding carboxylic acids is 1. The summed E-state index contributed by atoms with van der Waals surface area (Å²) in [6.07, 6.45) is 1.06. The monoisotopic (exact) mass is 264 g/mol. The number of hydrogen-bond acceptors (Lipinski definition) is 3. The van der Waals surface area contributed by atoms with E-state index in [9.17, 15) is 4.79 Å². The van der Waals surface area contributed by atoms with E-state index in [0.29, 0.717) is 22.7 Å². The van der Waals surface area contributed by atoms with Gasteiger partial charge in [-0.1, -0.05) is 19.1 Å². The van der Waals surface area contributed by atoms with Crippen LogP contribution in [0.2, 0.25) is 0 Å². The fourth-order valence-electron chi connectivity index (χ4n) is 1.64. The van der Waals surface area contributed by atoms with Crippen molar-refractivity contribution in [2.24, 2.45) is 11.7 Å². The van der Waals surface area contributed by atoms with E-state index in [1.54, 1.807) is 24.3 Å². The number of hydrogen-bond donors (Lipinski definition) is 2. The van der Waals surface area contributed by atoms with Gasteiger partial charge in [-0.25, -0.2) is 0 Å². The van der Waals surface area contributed by atoms with Gasteiger partial charge in [0.05, 0.1) is 0 Å². The minimum absolute atomic E-state index is 0.0373. The molecule has 1 saturated carbocycles. The van der Waals surface area contributed by atoms with Gasteiger partial charge >= 0.3 is 0 Å². The average Bonchev–Trinajstić information content (AvgIpc) is 3.02. The second-order valence-corrected chi connectivity index (χ2v) is 5.00. The van der Waals surface area contributed by atoms with Crippen LogP contribution in [0.5, 0.6) is 5.75 Å². The Morgan fingerprint density at radius 1 is 1.50 bits per heavy atom. The normalized spacial score (nSPS) is 21.2. The zero-order chi connectivity index (χ0) is 13.1. The molecule has 0 aliphatic heterocycles. The van der Waals surface area contributed by atoms with Gasteiger partial charge in [0.15, 0.2) is 6.61 Å². The third-order valence-corrected chi connectivity index (χ3v) is 3.20. The molecular formula is C13H16N2O2S.